The van der Waals surface area contributed by atoms with E-state index in [1.54, 1.807) is 16.4 Å². The monoisotopic (exact) mass is 306 g/mol. The molecule has 0 aliphatic carbocycles. The average molecular weight is 306 g/mol. The second-order valence-corrected chi connectivity index (χ2v) is 7.17. The zero-order valence-electron chi connectivity index (χ0n) is 11.4. The van der Waals surface area contributed by atoms with Crippen molar-refractivity contribution in [3.63, 3.8) is 0 Å². The first-order chi connectivity index (χ1) is 8.99. The predicted molar refractivity (Wildman–Crippen MR) is 78.6 cm³/mol. The van der Waals surface area contributed by atoms with Gasteiger partial charge in [0.15, 0.2) is 0 Å². The number of sulfonamides is 1. The molecule has 0 aliphatic rings. The third kappa shape index (κ3) is 5.52. The summed E-state index contributed by atoms with van der Waals surface area (Å²) in [5.41, 5.74) is 5.40. The molecule has 1 aromatic rings. The van der Waals surface area contributed by atoms with Gasteiger partial charge >= 0.3 is 0 Å². The minimum atomic E-state index is -3.45. The van der Waals surface area contributed by atoms with Gasteiger partial charge < -0.3 is 5.73 Å². The maximum atomic E-state index is 12.0. The topological polar surface area (TPSA) is 90.0 Å². The molecule has 1 heterocycles. The van der Waals surface area contributed by atoms with Crippen LogP contribution in [0.5, 0.6) is 0 Å². The molecular weight excluding hydrogens is 284 g/mol. The van der Waals surface area contributed by atoms with Gasteiger partial charge in [-0.25, -0.2) is 13.1 Å². The van der Waals surface area contributed by atoms with Crippen LogP contribution in [0.25, 0.3) is 0 Å². The third-order valence-electron chi connectivity index (χ3n) is 2.58. The first-order valence-electron chi connectivity index (χ1n) is 6.20. The van der Waals surface area contributed by atoms with Crippen LogP contribution < -0.4 is 10.5 Å². The summed E-state index contributed by atoms with van der Waals surface area (Å²) in [4.78, 5) is 0.209. The van der Waals surface area contributed by atoms with Crippen LogP contribution in [0.15, 0.2) is 17.3 Å². The highest BCUT2D eigenvalue weighted by Gasteiger charge is 2.17. The normalized spacial score (nSPS) is 13.6. The van der Waals surface area contributed by atoms with Crippen LogP contribution >= 0.6 is 11.8 Å². The van der Waals surface area contributed by atoms with Crippen molar-refractivity contribution in [1.82, 2.24) is 14.5 Å². The molecule has 8 heteroatoms. The molecule has 0 saturated heterocycles. The maximum absolute atomic E-state index is 12.0. The molecule has 3 N–H and O–H groups in total. The molecule has 0 radical (unpaired) electrons. The highest BCUT2D eigenvalue weighted by molar-refractivity contribution is 7.98. The molecule has 1 atom stereocenters. The van der Waals surface area contributed by atoms with Crippen molar-refractivity contribution in [3.05, 3.63) is 12.4 Å². The lowest BCUT2D eigenvalue weighted by atomic mass is 10.2. The fourth-order valence-corrected chi connectivity index (χ4v) is 3.34. The zero-order valence-corrected chi connectivity index (χ0v) is 13.0. The molecule has 0 aromatic carbocycles. The van der Waals surface area contributed by atoms with Crippen molar-refractivity contribution in [2.75, 3.05) is 25.1 Å². The molecular formula is C11H22N4O2S2. The molecule has 0 bridgehead atoms. The summed E-state index contributed by atoms with van der Waals surface area (Å²) in [6.45, 7) is 3.65. The molecule has 110 valence electrons. The van der Waals surface area contributed by atoms with E-state index < -0.39 is 10.0 Å². The van der Waals surface area contributed by atoms with Crippen LogP contribution in [0.2, 0.25) is 0 Å². The van der Waals surface area contributed by atoms with Crippen LogP contribution in [0.4, 0.5) is 0 Å². The molecule has 1 aromatic heterocycles. The molecule has 1 rings (SSSR count). The summed E-state index contributed by atoms with van der Waals surface area (Å²) in [5.74, 6) is 1.23. The molecule has 19 heavy (non-hydrogen) atoms. The molecule has 0 amide bonds. The Labute approximate surface area is 119 Å². The van der Waals surface area contributed by atoms with E-state index in [9.17, 15) is 8.42 Å². The van der Waals surface area contributed by atoms with Crippen molar-refractivity contribution in [1.29, 1.82) is 0 Å². The van der Waals surface area contributed by atoms with Crippen LogP contribution in [0.1, 0.15) is 13.3 Å². The van der Waals surface area contributed by atoms with E-state index in [1.165, 1.54) is 12.4 Å². The van der Waals surface area contributed by atoms with Gasteiger partial charge in [-0.15, -0.1) is 0 Å². The minimum Gasteiger partial charge on any atom is -0.330 e. The molecule has 0 spiro atoms. The van der Waals surface area contributed by atoms with Crippen molar-refractivity contribution in [2.45, 2.75) is 24.8 Å². The number of aromatic nitrogens is 2. The number of hydrogen-bond acceptors (Lipinski definition) is 5. The van der Waals surface area contributed by atoms with Gasteiger partial charge in [-0.05, 0) is 30.9 Å². The summed E-state index contributed by atoms with van der Waals surface area (Å²) >= 11 is 1.71. The lowest BCUT2D eigenvalue weighted by Gasteiger charge is -2.10. The van der Waals surface area contributed by atoms with Crippen molar-refractivity contribution in [3.8, 4) is 0 Å². The number of aryl methyl sites for hydroxylation is 1. The Morgan fingerprint density at radius 3 is 2.95 bits per heavy atom. The van der Waals surface area contributed by atoms with Gasteiger partial charge in [0.05, 0.1) is 6.20 Å². The van der Waals surface area contributed by atoms with E-state index in [0.717, 1.165) is 12.2 Å². The fourth-order valence-electron chi connectivity index (χ4n) is 1.54. The average Bonchev–Trinajstić information content (AvgIpc) is 2.84. The summed E-state index contributed by atoms with van der Waals surface area (Å²) in [7, 11) is -3.45. The van der Waals surface area contributed by atoms with E-state index in [1.807, 2.05) is 13.2 Å². The number of hydrogen-bond donors (Lipinski definition) is 2. The Bertz CT molecular complexity index is 473. The zero-order chi connectivity index (χ0) is 14.3. The first-order valence-corrected chi connectivity index (χ1v) is 9.08. The molecule has 0 saturated carbocycles. The minimum absolute atomic E-state index is 0.209. The Morgan fingerprint density at radius 1 is 1.58 bits per heavy atom. The summed E-state index contributed by atoms with van der Waals surface area (Å²) in [6, 6.07) is 0. The van der Waals surface area contributed by atoms with Crippen LogP contribution in [-0.4, -0.2) is 43.3 Å². The summed E-state index contributed by atoms with van der Waals surface area (Å²) in [6.07, 6.45) is 5.70. The SMILES string of the molecule is CSCC(C)CNS(=O)(=O)c1cnn(CCCN)c1. The maximum Gasteiger partial charge on any atom is 0.243 e. The standard InChI is InChI=1S/C11H22N4O2S2/c1-10(9-18-2)6-14-19(16,17)11-7-13-15(8-11)5-3-4-12/h7-8,10,14H,3-6,9,12H2,1-2H3. The lowest BCUT2D eigenvalue weighted by molar-refractivity contribution is 0.561. The number of nitrogens with zero attached hydrogens (tertiary/aromatic N) is 2. The number of nitrogens with two attached hydrogens (primary N) is 1. The lowest BCUT2D eigenvalue weighted by Crippen LogP contribution is -2.29. The third-order valence-corrected chi connectivity index (χ3v) is 4.86. The van der Waals surface area contributed by atoms with Gasteiger partial charge in [0.1, 0.15) is 4.90 Å². The molecule has 0 fully saturated rings. The number of rotatable bonds is 9. The largest absolute Gasteiger partial charge is 0.330 e. The number of nitrogens with one attached hydrogen (secondary N) is 1. The van der Waals surface area contributed by atoms with Gasteiger partial charge in [-0.1, -0.05) is 6.92 Å². The Hall–Kier alpha value is -0.570. The van der Waals surface area contributed by atoms with Gasteiger partial charge in [-0.2, -0.15) is 16.9 Å². The first kappa shape index (κ1) is 16.5. The van der Waals surface area contributed by atoms with Crippen molar-refractivity contribution < 1.29 is 8.42 Å². The summed E-state index contributed by atoms with van der Waals surface area (Å²) in [5, 5.41) is 4.02. The highest BCUT2D eigenvalue weighted by atomic mass is 32.2. The van der Waals surface area contributed by atoms with E-state index >= 15 is 0 Å². The predicted octanol–water partition coefficient (Wildman–Crippen LogP) is 0.509. The van der Waals surface area contributed by atoms with E-state index in [0.29, 0.717) is 25.6 Å². The number of thioether (sulfide) groups is 1. The Kier molecular flexibility index (Phi) is 6.84. The van der Waals surface area contributed by atoms with Gasteiger partial charge in [0, 0.05) is 19.3 Å². The fraction of sp³-hybridized carbons (Fsp3) is 0.727. The van der Waals surface area contributed by atoms with Crippen molar-refractivity contribution in [2.24, 2.45) is 11.7 Å². The molecule has 6 nitrogen and oxygen atoms in total. The Morgan fingerprint density at radius 2 is 2.32 bits per heavy atom. The van der Waals surface area contributed by atoms with Gasteiger partial charge in [-0.3, -0.25) is 4.68 Å². The molecule has 1 unspecified atom stereocenters. The van der Waals surface area contributed by atoms with Gasteiger partial charge in [0.2, 0.25) is 10.0 Å². The second-order valence-electron chi connectivity index (χ2n) is 4.49. The molecule has 0 aliphatic heterocycles. The van der Waals surface area contributed by atoms with E-state index in [-0.39, 0.29) is 4.90 Å². The van der Waals surface area contributed by atoms with Crippen LogP contribution in [-0.2, 0) is 16.6 Å². The summed E-state index contributed by atoms with van der Waals surface area (Å²) < 4.78 is 28.3. The van der Waals surface area contributed by atoms with E-state index in [4.69, 9.17) is 5.73 Å². The second kappa shape index (κ2) is 7.88. The smallest absolute Gasteiger partial charge is 0.243 e. The van der Waals surface area contributed by atoms with Crippen LogP contribution in [0, 0.1) is 5.92 Å². The van der Waals surface area contributed by atoms with Gasteiger partial charge in [0.25, 0.3) is 0 Å². The highest BCUT2D eigenvalue weighted by Crippen LogP contribution is 2.09. The van der Waals surface area contributed by atoms with E-state index in [2.05, 4.69) is 9.82 Å². The van der Waals surface area contributed by atoms with Crippen LogP contribution in [0.3, 0.4) is 0 Å². The Balaban J connectivity index is 2.59. The quantitative estimate of drug-likeness (QED) is 0.694. The van der Waals surface area contributed by atoms with Crippen molar-refractivity contribution >= 4 is 21.8 Å².